The Morgan fingerprint density at radius 2 is 1.95 bits per heavy atom. The Kier molecular flexibility index (Phi) is 3.83. The highest BCUT2D eigenvalue weighted by Crippen LogP contribution is 2.33. The minimum absolute atomic E-state index is 0.0532. The van der Waals surface area contributed by atoms with Crippen molar-refractivity contribution < 1.29 is 4.39 Å². The average Bonchev–Trinajstić information content (AvgIpc) is 2.84. The number of fused-ring (bicyclic) bond motifs is 1. The molecule has 3 rings (SSSR count). The van der Waals surface area contributed by atoms with Crippen LogP contribution in [0.3, 0.4) is 0 Å². The molecule has 104 valence electrons. The molecule has 0 aliphatic heterocycles. The summed E-state index contributed by atoms with van der Waals surface area (Å²) in [5.41, 5.74) is 3.38. The molecule has 0 saturated heterocycles. The summed E-state index contributed by atoms with van der Waals surface area (Å²) in [5.74, 6) is -0.0532. The Balaban J connectivity index is 1.67. The second kappa shape index (κ2) is 5.76. The van der Waals surface area contributed by atoms with Gasteiger partial charge in [0, 0.05) is 12.1 Å². The van der Waals surface area contributed by atoms with Crippen molar-refractivity contribution >= 4 is 0 Å². The van der Waals surface area contributed by atoms with Gasteiger partial charge in [-0.1, -0.05) is 42.5 Å². The largest absolute Gasteiger partial charge is 0.307 e. The van der Waals surface area contributed by atoms with E-state index in [1.807, 2.05) is 12.1 Å². The Bertz CT molecular complexity index is 579. The van der Waals surface area contributed by atoms with Crippen LogP contribution in [-0.4, -0.2) is 6.04 Å². The Morgan fingerprint density at radius 3 is 2.75 bits per heavy atom. The van der Waals surface area contributed by atoms with Gasteiger partial charge in [0.05, 0.1) is 0 Å². The van der Waals surface area contributed by atoms with Crippen molar-refractivity contribution in [2.75, 3.05) is 0 Å². The number of halogens is 1. The van der Waals surface area contributed by atoms with Gasteiger partial charge in [0.2, 0.25) is 0 Å². The molecular weight excluding hydrogens is 249 g/mol. The van der Waals surface area contributed by atoms with Gasteiger partial charge in [0.15, 0.2) is 0 Å². The maximum atomic E-state index is 13.7. The van der Waals surface area contributed by atoms with Crippen molar-refractivity contribution in [3.8, 4) is 0 Å². The number of hydrogen-bond acceptors (Lipinski definition) is 1. The number of nitrogens with one attached hydrogen (secondary N) is 1. The topological polar surface area (TPSA) is 12.0 Å². The summed E-state index contributed by atoms with van der Waals surface area (Å²) >= 11 is 0. The predicted molar refractivity (Wildman–Crippen MR) is 80.2 cm³/mol. The van der Waals surface area contributed by atoms with Gasteiger partial charge in [-0.3, -0.25) is 0 Å². The van der Waals surface area contributed by atoms with Crippen molar-refractivity contribution in [2.45, 2.75) is 38.3 Å². The Hall–Kier alpha value is -1.67. The first-order valence-corrected chi connectivity index (χ1v) is 7.31. The minimum Gasteiger partial charge on any atom is -0.307 e. The number of benzene rings is 2. The van der Waals surface area contributed by atoms with Crippen LogP contribution in [0, 0.1) is 5.82 Å². The summed E-state index contributed by atoms with van der Waals surface area (Å²) in [6.45, 7) is 2.20. The van der Waals surface area contributed by atoms with Gasteiger partial charge in [0.25, 0.3) is 0 Å². The van der Waals surface area contributed by atoms with Crippen molar-refractivity contribution in [2.24, 2.45) is 0 Å². The average molecular weight is 269 g/mol. The van der Waals surface area contributed by atoms with E-state index >= 15 is 0 Å². The summed E-state index contributed by atoms with van der Waals surface area (Å²) < 4.78 is 13.7. The molecule has 0 spiro atoms. The van der Waals surface area contributed by atoms with E-state index in [2.05, 4.69) is 42.6 Å². The third kappa shape index (κ3) is 2.75. The fraction of sp³-hybridized carbons (Fsp3) is 0.333. The predicted octanol–water partition coefficient (Wildman–Crippen LogP) is 4.03. The van der Waals surface area contributed by atoms with Crippen LogP contribution < -0.4 is 5.32 Å². The fourth-order valence-electron chi connectivity index (χ4n) is 3.15. The minimum atomic E-state index is -0.0532. The molecule has 2 unspecified atom stereocenters. The highest BCUT2D eigenvalue weighted by atomic mass is 19.1. The van der Waals surface area contributed by atoms with Gasteiger partial charge in [-0.25, -0.2) is 4.39 Å². The third-order valence-corrected chi connectivity index (χ3v) is 4.08. The van der Waals surface area contributed by atoms with E-state index in [0.29, 0.717) is 12.1 Å². The molecule has 2 atom stereocenters. The first-order chi connectivity index (χ1) is 9.74. The highest BCUT2D eigenvalue weighted by molar-refractivity contribution is 5.35. The summed E-state index contributed by atoms with van der Waals surface area (Å²) in [7, 11) is 0. The molecule has 0 heterocycles. The maximum absolute atomic E-state index is 13.7. The quantitative estimate of drug-likeness (QED) is 0.883. The molecule has 0 aromatic heterocycles. The molecule has 0 bridgehead atoms. The van der Waals surface area contributed by atoms with Gasteiger partial charge < -0.3 is 5.32 Å². The van der Waals surface area contributed by atoms with Crippen LogP contribution in [0.5, 0.6) is 0 Å². The molecule has 0 fully saturated rings. The molecule has 0 saturated carbocycles. The van der Waals surface area contributed by atoms with E-state index < -0.39 is 0 Å². The summed E-state index contributed by atoms with van der Waals surface area (Å²) in [4.78, 5) is 0. The molecule has 1 aliphatic carbocycles. The fourth-order valence-corrected chi connectivity index (χ4v) is 3.15. The van der Waals surface area contributed by atoms with Crippen LogP contribution in [-0.2, 0) is 12.8 Å². The van der Waals surface area contributed by atoms with Crippen molar-refractivity contribution in [1.29, 1.82) is 0 Å². The molecule has 2 aromatic rings. The van der Waals surface area contributed by atoms with E-state index in [9.17, 15) is 4.39 Å². The first-order valence-electron chi connectivity index (χ1n) is 7.31. The highest BCUT2D eigenvalue weighted by Gasteiger charge is 2.25. The SMILES string of the molecule is CC(Cc1ccccc1)NC1CCc2c(F)cccc21. The van der Waals surface area contributed by atoms with Crippen LogP contribution >= 0.6 is 0 Å². The summed E-state index contributed by atoms with van der Waals surface area (Å²) in [6.07, 6.45) is 2.84. The van der Waals surface area contributed by atoms with E-state index in [1.165, 1.54) is 5.56 Å². The molecule has 1 N–H and O–H groups in total. The van der Waals surface area contributed by atoms with E-state index in [4.69, 9.17) is 0 Å². The molecule has 0 amide bonds. The van der Waals surface area contributed by atoms with Gasteiger partial charge >= 0.3 is 0 Å². The molecular formula is C18H20FN. The van der Waals surface area contributed by atoms with Crippen molar-refractivity contribution in [3.63, 3.8) is 0 Å². The summed E-state index contributed by atoms with van der Waals surface area (Å²) in [5, 5.41) is 3.64. The molecule has 1 aliphatic rings. The second-order valence-corrected chi connectivity index (χ2v) is 5.66. The maximum Gasteiger partial charge on any atom is 0.126 e. The van der Waals surface area contributed by atoms with Gasteiger partial charge in [-0.05, 0) is 48.9 Å². The smallest absolute Gasteiger partial charge is 0.126 e. The third-order valence-electron chi connectivity index (χ3n) is 4.08. The Labute approximate surface area is 119 Å². The lowest BCUT2D eigenvalue weighted by atomic mass is 10.0. The second-order valence-electron chi connectivity index (χ2n) is 5.66. The van der Waals surface area contributed by atoms with Crippen LogP contribution in [0.2, 0.25) is 0 Å². The zero-order valence-corrected chi connectivity index (χ0v) is 11.8. The van der Waals surface area contributed by atoms with Gasteiger partial charge in [0.1, 0.15) is 5.82 Å². The molecule has 1 nitrogen and oxygen atoms in total. The molecule has 0 radical (unpaired) electrons. The van der Waals surface area contributed by atoms with Gasteiger partial charge in [-0.2, -0.15) is 0 Å². The Morgan fingerprint density at radius 1 is 1.15 bits per heavy atom. The monoisotopic (exact) mass is 269 g/mol. The lowest BCUT2D eigenvalue weighted by Crippen LogP contribution is -2.31. The number of rotatable bonds is 4. The van der Waals surface area contributed by atoms with E-state index in [-0.39, 0.29) is 5.82 Å². The zero-order valence-electron chi connectivity index (χ0n) is 11.8. The van der Waals surface area contributed by atoms with Gasteiger partial charge in [-0.15, -0.1) is 0 Å². The lowest BCUT2D eigenvalue weighted by Gasteiger charge is -2.20. The molecule has 2 heteroatoms. The lowest BCUT2D eigenvalue weighted by molar-refractivity contribution is 0.451. The number of hydrogen-bond donors (Lipinski definition) is 1. The first kappa shape index (κ1) is 13.3. The van der Waals surface area contributed by atoms with E-state index in [0.717, 1.165) is 30.4 Å². The normalized spacial score (nSPS) is 18.8. The van der Waals surface area contributed by atoms with E-state index in [1.54, 1.807) is 6.07 Å². The van der Waals surface area contributed by atoms with Crippen LogP contribution in [0.25, 0.3) is 0 Å². The standard InChI is InChI=1S/C18H20FN/c1-13(12-14-6-3-2-4-7-14)20-18-11-10-15-16(18)8-5-9-17(15)19/h2-9,13,18,20H,10-12H2,1H3. The molecule has 2 aromatic carbocycles. The summed E-state index contributed by atoms with van der Waals surface area (Å²) in [6, 6.07) is 16.6. The van der Waals surface area contributed by atoms with Crippen molar-refractivity contribution in [1.82, 2.24) is 5.32 Å². The van der Waals surface area contributed by atoms with Crippen LogP contribution in [0.1, 0.15) is 36.1 Å². The van der Waals surface area contributed by atoms with Crippen LogP contribution in [0.4, 0.5) is 4.39 Å². The van der Waals surface area contributed by atoms with Crippen molar-refractivity contribution in [3.05, 3.63) is 71.0 Å². The van der Waals surface area contributed by atoms with Crippen LogP contribution in [0.15, 0.2) is 48.5 Å². The zero-order chi connectivity index (χ0) is 13.9. The molecule has 20 heavy (non-hydrogen) atoms.